The molecule has 0 rings (SSSR count). The standard InChI is InChI=1S/3C2H8N2.Zn/c3*3-1-2-4;/h3*1-4H2;. The van der Waals surface area contributed by atoms with Gasteiger partial charge in [-0.2, -0.15) is 0 Å². The van der Waals surface area contributed by atoms with Crippen LogP contribution in [0.5, 0.6) is 0 Å². The van der Waals surface area contributed by atoms with Gasteiger partial charge >= 0.3 is 0 Å². The second kappa shape index (κ2) is 39.4. The summed E-state index contributed by atoms with van der Waals surface area (Å²) >= 11 is 0. The van der Waals surface area contributed by atoms with Crippen LogP contribution >= 0.6 is 0 Å². The molecule has 0 saturated carbocycles. The van der Waals surface area contributed by atoms with Crippen molar-refractivity contribution in [1.29, 1.82) is 0 Å². The van der Waals surface area contributed by atoms with Gasteiger partial charge in [-0.3, -0.25) is 0 Å². The van der Waals surface area contributed by atoms with E-state index in [2.05, 4.69) is 0 Å². The SMILES string of the molecule is NCCN.NCCN.NCCN.[Zn]. The molecule has 0 bridgehead atoms. The molecular weight excluding hydrogens is 221 g/mol. The fraction of sp³-hybridized carbons (Fsp3) is 1.00. The van der Waals surface area contributed by atoms with Gasteiger partial charge in [-0.15, -0.1) is 0 Å². The number of hydrogen-bond acceptors (Lipinski definition) is 6. The summed E-state index contributed by atoms with van der Waals surface area (Å²) in [7, 11) is 0. The average Bonchev–Trinajstić information content (AvgIpc) is 2.18. The van der Waals surface area contributed by atoms with E-state index < -0.39 is 0 Å². The molecule has 0 radical (unpaired) electrons. The Morgan fingerprint density at radius 1 is 0.385 bits per heavy atom. The Morgan fingerprint density at radius 2 is 0.462 bits per heavy atom. The van der Waals surface area contributed by atoms with Gasteiger partial charge in [-0.1, -0.05) is 0 Å². The van der Waals surface area contributed by atoms with E-state index >= 15 is 0 Å². The van der Waals surface area contributed by atoms with Crippen molar-refractivity contribution in [3.8, 4) is 0 Å². The van der Waals surface area contributed by atoms with Crippen molar-refractivity contribution < 1.29 is 19.5 Å². The van der Waals surface area contributed by atoms with Gasteiger partial charge in [0.25, 0.3) is 0 Å². The predicted octanol–water partition coefficient (Wildman–Crippen LogP) is -3.29. The molecule has 6 nitrogen and oxygen atoms in total. The summed E-state index contributed by atoms with van der Waals surface area (Å²) in [6, 6.07) is 0. The molecule has 0 atom stereocenters. The van der Waals surface area contributed by atoms with Crippen molar-refractivity contribution in [1.82, 2.24) is 0 Å². The van der Waals surface area contributed by atoms with Crippen LogP contribution < -0.4 is 34.4 Å². The third-order valence-corrected chi connectivity index (χ3v) is 0.500. The predicted molar refractivity (Wildman–Crippen MR) is 54.3 cm³/mol. The van der Waals surface area contributed by atoms with Gasteiger partial charge in [0.2, 0.25) is 0 Å². The van der Waals surface area contributed by atoms with Gasteiger partial charge in [0.05, 0.1) is 0 Å². The zero-order valence-electron chi connectivity index (χ0n) is 8.41. The smallest absolute Gasteiger partial charge is 0.00461 e. The van der Waals surface area contributed by atoms with E-state index in [1.807, 2.05) is 0 Å². The van der Waals surface area contributed by atoms with Gasteiger partial charge in [0.1, 0.15) is 0 Å². The normalized spacial score (nSPS) is 6.92. The van der Waals surface area contributed by atoms with Crippen LogP contribution in [-0.4, -0.2) is 39.3 Å². The Morgan fingerprint density at radius 3 is 0.462 bits per heavy atom. The van der Waals surface area contributed by atoms with E-state index in [-0.39, 0.29) is 19.5 Å². The molecule has 0 aromatic heterocycles. The molecule has 0 aliphatic carbocycles. The third kappa shape index (κ3) is 117. The van der Waals surface area contributed by atoms with Crippen molar-refractivity contribution in [2.45, 2.75) is 0 Å². The van der Waals surface area contributed by atoms with Crippen LogP contribution in [0.15, 0.2) is 0 Å². The van der Waals surface area contributed by atoms with E-state index in [4.69, 9.17) is 34.4 Å². The topological polar surface area (TPSA) is 156 Å². The largest absolute Gasteiger partial charge is 0.329 e. The van der Waals surface area contributed by atoms with Gasteiger partial charge in [0, 0.05) is 58.7 Å². The molecule has 0 unspecified atom stereocenters. The molecule has 0 aliphatic rings. The van der Waals surface area contributed by atoms with Crippen molar-refractivity contribution in [3.63, 3.8) is 0 Å². The fourth-order valence-electron chi connectivity index (χ4n) is 0. The zero-order valence-corrected chi connectivity index (χ0v) is 11.4. The summed E-state index contributed by atoms with van der Waals surface area (Å²) in [4.78, 5) is 0. The van der Waals surface area contributed by atoms with E-state index in [1.54, 1.807) is 0 Å². The maximum absolute atomic E-state index is 4.90. The Kier molecular flexibility index (Phi) is 70.6. The van der Waals surface area contributed by atoms with Gasteiger partial charge < -0.3 is 34.4 Å². The van der Waals surface area contributed by atoms with Gasteiger partial charge in [0.15, 0.2) is 0 Å². The summed E-state index contributed by atoms with van der Waals surface area (Å²) in [5.41, 5.74) is 29.4. The molecule has 0 spiro atoms. The van der Waals surface area contributed by atoms with Crippen molar-refractivity contribution in [2.75, 3.05) is 39.3 Å². The first-order valence-electron chi connectivity index (χ1n) is 3.95. The van der Waals surface area contributed by atoms with Crippen molar-refractivity contribution >= 4 is 0 Å². The number of hydrogen-bond donors (Lipinski definition) is 6. The van der Waals surface area contributed by atoms with E-state index in [1.165, 1.54) is 0 Å². The summed E-state index contributed by atoms with van der Waals surface area (Å²) in [5, 5.41) is 0. The van der Waals surface area contributed by atoms with Crippen LogP contribution in [0.2, 0.25) is 0 Å². The van der Waals surface area contributed by atoms with Gasteiger partial charge in [-0.25, -0.2) is 0 Å². The molecule has 80 valence electrons. The molecule has 0 saturated heterocycles. The molecule has 0 heterocycles. The summed E-state index contributed by atoms with van der Waals surface area (Å²) in [6.45, 7) is 3.58. The van der Waals surface area contributed by atoms with Crippen LogP contribution in [0.25, 0.3) is 0 Å². The van der Waals surface area contributed by atoms with Crippen molar-refractivity contribution in [3.05, 3.63) is 0 Å². The van der Waals surface area contributed by atoms with Crippen LogP contribution in [0.4, 0.5) is 0 Å². The monoisotopic (exact) mass is 244 g/mol. The minimum Gasteiger partial charge on any atom is -0.329 e. The molecule has 0 amide bonds. The second-order valence-corrected chi connectivity index (χ2v) is 1.73. The van der Waals surface area contributed by atoms with Crippen LogP contribution in [0, 0.1) is 0 Å². The Hall–Kier alpha value is 0.383. The molecule has 0 fully saturated rings. The van der Waals surface area contributed by atoms with Crippen LogP contribution in [0.3, 0.4) is 0 Å². The minimum absolute atomic E-state index is 0. The zero-order chi connectivity index (χ0) is 10.2. The molecule has 0 aromatic carbocycles. The molecular formula is C6H24N6Zn. The first-order chi connectivity index (χ1) is 5.74. The Labute approximate surface area is 93.5 Å². The summed E-state index contributed by atoms with van der Waals surface area (Å²) in [6.07, 6.45) is 0. The summed E-state index contributed by atoms with van der Waals surface area (Å²) < 4.78 is 0. The van der Waals surface area contributed by atoms with E-state index in [9.17, 15) is 0 Å². The molecule has 0 aromatic rings. The van der Waals surface area contributed by atoms with E-state index in [0.717, 1.165) is 0 Å². The van der Waals surface area contributed by atoms with Crippen molar-refractivity contribution in [2.24, 2.45) is 34.4 Å². The molecule has 7 heteroatoms. The number of rotatable bonds is 3. The maximum atomic E-state index is 4.90. The third-order valence-electron chi connectivity index (χ3n) is 0.500. The summed E-state index contributed by atoms with van der Waals surface area (Å²) in [5.74, 6) is 0. The quantitative estimate of drug-likeness (QED) is 0.286. The second-order valence-electron chi connectivity index (χ2n) is 1.73. The Balaban J connectivity index is -0.0000000450. The van der Waals surface area contributed by atoms with Gasteiger partial charge in [-0.05, 0) is 0 Å². The number of nitrogens with two attached hydrogens (primary N) is 6. The molecule has 0 aliphatic heterocycles. The maximum Gasteiger partial charge on any atom is 0.00461 e. The van der Waals surface area contributed by atoms with Crippen LogP contribution in [-0.2, 0) is 19.5 Å². The minimum atomic E-state index is 0. The Bertz CT molecular complexity index is 32.6. The molecule has 13 heavy (non-hydrogen) atoms. The fourth-order valence-corrected chi connectivity index (χ4v) is 0. The molecule has 12 N–H and O–H groups in total. The van der Waals surface area contributed by atoms with E-state index in [0.29, 0.717) is 39.3 Å². The first kappa shape index (κ1) is 23.3. The van der Waals surface area contributed by atoms with Crippen LogP contribution in [0.1, 0.15) is 0 Å². The first-order valence-corrected chi connectivity index (χ1v) is 3.95. The average molecular weight is 246 g/mol.